The Morgan fingerprint density at radius 1 is 1.33 bits per heavy atom. The third-order valence-electron chi connectivity index (χ3n) is 3.15. The lowest BCUT2D eigenvalue weighted by atomic mass is 9.95. The molecular weight excluding hydrogens is 401 g/mol. The third-order valence-corrected chi connectivity index (χ3v) is 5.74. The van der Waals surface area contributed by atoms with Crippen molar-refractivity contribution in [3.63, 3.8) is 0 Å². The Kier molecular flexibility index (Phi) is 4.99. The number of nitrogens with two attached hydrogens (primary N) is 1. The first-order chi connectivity index (χ1) is 10.9. The quantitative estimate of drug-likeness (QED) is 0.728. The molecule has 2 rings (SSSR count). The van der Waals surface area contributed by atoms with E-state index >= 15 is 0 Å². The fraction of sp³-hybridized carbons (Fsp3) is 0.333. The lowest BCUT2D eigenvalue weighted by Gasteiger charge is -2.27. The lowest BCUT2D eigenvalue weighted by Crippen LogP contribution is -2.27. The van der Waals surface area contributed by atoms with Crippen LogP contribution in [0.4, 0.5) is 0 Å². The van der Waals surface area contributed by atoms with Gasteiger partial charge in [-0.25, -0.2) is 22.0 Å². The number of rotatable bonds is 4. The molecule has 0 saturated heterocycles. The number of methoxy groups -OCH3 is 1. The lowest BCUT2D eigenvalue weighted by molar-refractivity contribution is 0.379. The van der Waals surface area contributed by atoms with E-state index in [9.17, 15) is 16.8 Å². The number of sulfone groups is 1. The molecule has 0 aromatic carbocycles. The molecule has 1 heterocycles. The minimum absolute atomic E-state index is 0.0199. The van der Waals surface area contributed by atoms with Crippen molar-refractivity contribution in [1.82, 2.24) is 9.97 Å². The molecule has 12 heteroatoms. The number of halogens is 2. The van der Waals surface area contributed by atoms with E-state index in [-0.39, 0.29) is 33.0 Å². The van der Waals surface area contributed by atoms with Crippen molar-refractivity contribution in [2.24, 2.45) is 5.14 Å². The van der Waals surface area contributed by atoms with Gasteiger partial charge < -0.3 is 4.74 Å². The summed E-state index contributed by atoms with van der Waals surface area (Å²) in [6.07, 6.45) is 4.27. The number of sulfonamides is 1. The van der Waals surface area contributed by atoms with Crippen LogP contribution in [0.3, 0.4) is 0 Å². The summed E-state index contributed by atoms with van der Waals surface area (Å²) in [5, 5.41) is 4.87. The van der Waals surface area contributed by atoms with E-state index in [0.29, 0.717) is 0 Å². The van der Waals surface area contributed by atoms with Crippen LogP contribution in [0.15, 0.2) is 33.3 Å². The monoisotopic (exact) mass is 413 g/mol. The highest BCUT2D eigenvalue weighted by Gasteiger charge is 2.39. The Morgan fingerprint density at radius 3 is 2.46 bits per heavy atom. The van der Waals surface area contributed by atoms with Gasteiger partial charge in [0.05, 0.1) is 18.2 Å². The Labute approximate surface area is 149 Å². The van der Waals surface area contributed by atoms with Gasteiger partial charge in [-0.2, -0.15) is 4.98 Å². The smallest absolute Gasteiger partial charge is 0.238 e. The summed E-state index contributed by atoms with van der Waals surface area (Å²) in [5.74, 6) is -0.163. The van der Waals surface area contributed by atoms with E-state index in [1.807, 2.05) is 0 Å². The normalized spacial score (nSPS) is 21.9. The van der Waals surface area contributed by atoms with E-state index in [0.717, 1.165) is 12.5 Å². The highest BCUT2D eigenvalue weighted by Crippen LogP contribution is 2.44. The standard InChI is InChI=1S/C12H13Cl2N3O5S2/c1-22-11-10(16-6-9(17-11)23(2,18)19)12(14)4-7(13)3-8(5-12)24(15,20)21/h3-4,6H,5H2,1-2H3,(H2,15,20,21). The van der Waals surface area contributed by atoms with Crippen molar-refractivity contribution in [2.75, 3.05) is 13.4 Å². The Balaban J connectivity index is 2.61. The van der Waals surface area contributed by atoms with E-state index < -0.39 is 24.7 Å². The van der Waals surface area contributed by atoms with Gasteiger partial charge in [-0.15, -0.1) is 11.6 Å². The van der Waals surface area contributed by atoms with Crippen molar-refractivity contribution < 1.29 is 21.6 Å². The van der Waals surface area contributed by atoms with Gasteiger partial charge >= 0.3 is 0 Å². The topological polar surface area (TPSA) is 129 Å². The minimum Gasteiger partial charge on any atom is -0.480 e. The van der Waals surface area contributed by atoms with Crippen LogP contribution < -0.4 is 9.88 Å². The van der Waals surface area contributed by atoms with Crippen LogP contribution in [0.1, 0.15) is 12.1 Å². The molecule has 1 atom stereocenters. The fourth-order valence-electron chi connectivity index (χ4n) is 2.07. The summed E-state index contributed by atoms with van der Waals surface area (Å²) in [6, 6.07) is 0. The van der Waals surface area contributed by atoms with E-state index in [2.05, 4.69) is 9.97 Å². The van der Waals surface area contributed by atoms with Gasteiger partial charge in [-0.3, -0.25) is 4.98 Å². The predicted molar refractivity (Wildman–Crippen MR) is 89.0 cm³/mol. The molecule has 1 unspecified atom stereocenters. The molecule has 0 saturated carbocycles. The van der Waals surface area contributed by atoms with Gasteiger partial charge in [-0.1, -0.05) is 11.6 Å². The molecule has 0 amide bonds. The van der Waals surface area contributed by atoms with Gasteiger partial charge in [0.2, 0.25) is 15.9 Å². The summed E-state index contributed by atoms with van der Waals surface area (Å²) >= 11 is 12.4. The molecule has 24 heavy (non-hydrogen) atoms. The number of nitrogens with zero attached hydrogens (tertiary/aromatic N) is 2. The second kappa shape index (κ2) is 6.26. The summed E-state index contributed by atoms with van der Waals surface area (Å²) in [5.41, 5.74) is 0.0199. The molecule has 1 aliphatic carbocycles. The summed E-state index contributed by atoms with van der Waals surface area (Å²) in [4.78, 5) is 6.16. The Hall–Kier alpha value is -1.20. The van der Waals surface area contributed by atoms with Gasteiger partial charge in [0.1, 0.15) is 10.6 Å². The zero-order chi connectivity index (χ0) is 18.3. The van der Waals surface area contributed by atoms with Crippen molar-refractivity contribution in [1.29, 1.82) is 0 Å². The van der Waals surface area contributed by atoms with Gasteiger partial charge in [0.25, 0.3) is 0 Å². The predicted octanol–water partition coefficient (Wildman–Crippen LogP) is 1.02. The van der Waals surface area contributed by atoms with Crippen LogP contribution in [0.25, 0.3) is 0 Å². The molecule has 0 fully saturated rings. The number of hydrogen-bond donors (Lipinski definition) is 1. The highest BCUT2D eigenvalue weighted by atomic mass is 35.5. The average molecular weight is 414 g/mol. The van der Waals surface area contributed by atoms with Crippen LogP contribution in [0.2, 0.25) is 0 Å². The van der Waals surface area contributed by atoms with Gasteiger partial charge in [0, 0.05) is 17.7 Å². The summed E-state index contributed by atoms with van der Waals surface area (Å²) < 4.78 is 51.4. The molecule has 0 bridgehead atoms. The molecule has 1 aromatic rings. The Morgan fingerprint density at radius 2 is 1.96 bits per heavy atom. The molecule has 0 radical (unpaired) electrons. The Bertz CT molecular complexity index is 957. The average Bonchev–Trinajstić information content (AvgIpc) is 2.43. The first kappa shape index (κ1) is 19.1. The molecule has 2 N–H and O–H groups in total. The van der Waals surface area contributed by atoms with Crippen molar-refractivity contribution >= 4 is 43.1 Å². The number of primary sulfonamides is 1. The third kappa shape index (κ3) is 3.89. The largest absolute Gasteiger partial charge is 0.480 e. The highest BCUT2D eigenvalue weighted by molar-refractivity contribution is 7.93. The van der Waals surface area contributed by atoms with Crippen LogP contribution in [0, 0.1) is 0 Å². The maximum atomic E-state index is 11.6. The molecular formula is C12H13Cl2N3O5S2. The van der Waals surface area contributed by atoms with E-state index in [1.165, 1.54) is 19.3 Å². The number of hydrogen-bond acceptors (Lipinski definition) is 7. The van der Waals surface area contributed by atoms with Crippen LogP contribution in [-0.2, 0) is 24.7 Å². The molecule has 8 nitrogen and oxygen atoms in total. The van der Waals surface area contributed by atoms with E-state index in [4.69, 9.17) is 33.1 Å². The number of alkyl halides is 1. The number of ether oxygens (including phenoxy) is 1. The van der Waals surface area contributed by atoms with Crippen molar-refractivity contribution in [2.45, 2.75) is 16.3 Å². The summed E-state index contributed by atoms with van der Waals surface area (Å²) in [7, 11) is -6.38. The van der Waals surface area contributed by atoms with Crippen molar-refractivity contribution in [3.8, 4) is 5.88 Å². The minimum atomic E-state index is -4.02. The maximum Gasteiger partial charge on any atom is 0.238 e. The maximum absolute atomic E-state index is 11.6. The zero-order valence-corrected chi connectivity index (χ0v) is 15.7. The van der Waals surface area contributed by atoms with Crippen LogP contribution in [-0.4, -0.2) is 40.2 Å². The second-order valence-electron chi connectivity index (χ2n) is 5.06. The van der Waals surface area contributed by atoms with Gasteiger partial charge in [-0.05, 0) is 12.2 Å². The first-order valence-corrected chi connectivity index (χ1v) is 10.5. The zero-order valence-electron chi connectivity index (χ0n) is 12.5. The number of allylic oxidation sites excluding steroid dienone is 4. The van der Waals surface area contributed by atoms with Gasteiger partial charge in [0.15, 0.2) is 14.9 Å². The molecule has 1 aromatic heterocycles. The fourth-order valence-corrected chi connectivity index (χ4v) is 4.19. The van der Waals surface area contributed by atoms with Crippen molar-refractivity contribution in [3.05, 3.63) is 34.0 Å². The second-order valence-corrected chi connectivity index (χ2v) is 9.75. The van der Waals surface area contributed by atoms with Crippen LogP contribution in [0.5, 0.6) is 5.88 Å². The number of aromatic nitrogens is 2. The molecule has 0 aliphatic heterocycles. The summed E-state index contributed by atoms with van der Waals surface area (Å²) in [6.45, 7) is 0. The molecule has 132 valence electrons. The SMILES string of the molecule is COc1nc(S(C)(=O)=O)cnc1C1(Cl)C=C(Cl)C=C(S(N)(=O)=O)C1. The first-order valence-electron chi connectivity index (χ1n) is 6.29. The van der Waals surface area contributed by atoms with E-state index in [1.54, 1.807) is 0 Å². The van der Waals surface area contributed by atoms with Crippen LogP contribution >= 0.6 is 23.2 Å². The molecule has 0 spiro atoms. The molecule has 1 aliphatic rings.